The summed E-state index contributed by atoms with van der Waals surface area (Å²) in [7, 11) is -3.45. The van der Waals surface area contributed by atoms with Crippen LogP contribution in [0, 0.1) is 6.92 Å². The number of primary sulfonamides is 1. The first kappa shape index (κ1) is 12.8. The number of hydrogen-bond donors (Lipinski definition) is 1. The van der Waals surface area contributed by atoms with E-state index in [9.17, 15) is 8.42 Å². The van der Waals surface area contributed by atoms with Crippen LogP contribution in [0.1, 0.15) is 12.0 Å². The summed E-state index contributed by atoms with van der Waals surface area (Å²) in [4.78, 5) is 6.59. The summed E-state index contributed by atoms with van der Waals surface area (Å²) in [6.45, 7) is 3.17. The number of hydrogen-bond acceptors (Lipinski definition) is 5. The average molecular weight is 297 g/mol. The third kappa shape index (κ3) is 2.45. The first-order valence-electron chi connectivity index (χ1n) is 6.07. The maximum atomic E-state index is 11.4. The standard InChI is InChI=1S/C12H15N3O2S2/c1-8-2-3-11-10(6-8)14-12(18-11)15-5-4-9(7-15)19(13,16)17/h2-3,6,9H,4-5,7H2,1H3,(H2,13,16,17). The van der Waals surface area contributed by atoms with Crippen LogP contribution >= 0.6 is 11.3 Å². The molecule has 1 aromatic carbocycles. The van der Waals surface area contributed by atoms with Gasteiger partial charge in [-0.25, -0.2) is 18.5 Å². The zero-order valence-electron chi connectivity index (χ0n) is 10.5. The summed E-state index contributed by atoms with van der Waals surface area (Å²) < 4.78 is 23.8. The summed E-state index contributed by atoms with van der Waals surface area (Å²) >= 11 is 1.60. The zero-order valence-corrected chi connectivity index (χ0v) is 12.2. The van der Waals surface area contributed by atoms with E-state index in [-0.39, 0.29) is 0 Å². The van der Waals surface area contributed by atoms with Crippen molar-refractivity contribution in [1.82, 2.24) is 4.98 Å². The minimum atomic E-state index is -3.45. The monoisotopic (exact) mass is 297 g/mol. The number of anilines is 1. The minimum absolute atomic E-state index is 0.442. The number of fused-ring (bicyclic) bond motifs is 1. The zero-order chi connectivity index (χ0) is 13.6. The van der Waals surface area contributed by atoms with Crippen LogP contribution in [-0.2, 0) is 10.0 Å². The Bertz CT molecular complexity index is 724. The third-order valence-electron chi connectivity index (χ3n) is 3.41. The molecular formula is C12H15N3O2S2. The van der Waals surface area contributed by atoms with Crippen molar-refractivity contribution < 1.29 is 8.42 Å². The van der Waals surface area contributed by atoms with E-state index in [1.807, 2.05) is 17.9 Å². The number of benzene rings is 1. The predicted octanol–water partition coefficient (Wildman–Crippen LogP) is 1.47. The van der Waals surface area contributed by atoms with Gasteiger partial charge in [0.15, 0.2) is 5.13 Å². The second-order valence-corrected chi connectivity index (χ2v) is 7.77. The lowest BCUT2D eigenvalue weighted by Gasteiger charge is -2.13. The number of aryl methyl sites for hydroxylation is 1. The largest absolute Gasteiger partial charge is 0.347 e. The van der Waals surface area contributed by atoms with Gasteiger partial charge in [-0.2, -0.15) is 0 Å². The van der Waals surface area contributed by atoms with Gasteiger partial charge in [0.05, 0.1) is 15.5 Å². The van der Waals surface area contributed by atoms with E-state index < -0.39 is 15.3 Å². The number of aromatic nitrogens is 1. The van der Waals surface area contributed by atoms with Gasteiger partial charge in [-0.3, -0.25) is 0 Å². The highest BCUT2D eigenvalue weighted by Gasteiger charge is 2.32. The van der Waals surface area contributed by atoms with Crippen molar-refractivity contribution in [3.05, 3.63) is 23.8 Å². The van der Waals surface area contributed by atoms with Crippen molar-refractivity contribution in [1.29, 1.82) is 0 Å². The molecule has 0 amide bonds. The number of nitrogens with zero attached hydrogens (tertiary/aromatic N) is 2. The molecule has 2 N–H and O–H groups in total. The molecule has 5 nitrogen and oxygen atoms in total. The van der Waals surface area contributed by atoms with E-state index in [0.29, 0.717) is 19.5 Å². The first-order valence-corrected chi connectivity index (χ1v) is 8.50. The fourth-order valence-electron chi connectivity index (χ4n) is 2.33. The van der Waals surface area contributed by atoms with Gasteiger partial charge in [0.2, 0.25) is 10.0 Å². The lowest BCUT2D eigenvalue weighted by molar-refractivity contribution is 0.585. The number of sulfonamides is 1. The third-order valence-corrected chi connectivity index (χ3v) is 5.82. The van der Waals surface area contributed by atoms with Crippen LogP contribution in [0.5, 0.6) is 0 Å². The molecular weight excluding hydrogens is 282 g/mol. The Labute approximate surface area is 116 Å². The van der Waals surface area contributed by atoms with Crippen molar-refractivity contribution in [2.75, 3.05) is 18.0 Å². The number of rotatable bonds is 2. The number of nitrogens with two attached hydrogens (primary N) is 1. The minimum Gasteiger partial charge on any atom is -0.347 e. The van der Waals surface area contributed by atoms with Crippen LogP contribution in [0.4, 0.5) is 5.13 Å². The molecule has 2 heterocycles. The van der Waals surface area contributed by atoms with Gasteiger partial charge in [0.25, 0.3) is 0 Å². The predicted molar refractivity (Wildman–Crippen MR) is 78.1 cm³/mol. The van der Waals surface area contributed by atoms with Crippen molar-refractivity contribution in [3.63, 3.8) is 0 Å². The van der Waals surface area contributed by atoms with Crippen molar-refractivity contribution >= 4 is 36.7 Å². The van der Waals surface area contributed by atoms with Crippen LogP contribution in [0.2, 0.25) is 0 Å². The molecule has 0 aliphatic carbocycles. The molecule has 2 aromatic rings. The summed E-state index contributed by atoms with van der Waals surface area (Å²) in [6.07, 6.45) is 0.577. The molecule has 19 heavy (non-hydrogen) atoms. The van der Waals surface area contributed by atoms with E-state index in [2.05, 4.69) is 17.1 Å². The molecule has 0 bridgehead atoms. The highest BCUT2D eigenvalue weighted by molar-refractivity contribution is 7.89. The molecule has 0 saturated carbocycles. The van der Waals surface area contributed by atoms with Gasteiger partial charge >= 0.3 is 0 Å². The van der Waals surface area contributed by atoms with Gasteiger partial charge in [-0.15, -0.1) is 0 Å². The lowest BCUT2D eigenvalue weighted by Crippen LogP contribution is -2.31. The second-order valence-electron chi connectivity index (χ2n) is 4.91. The van der Waals surface area contributed by atoms with E-state index in [0.717, 1.165) is 15.3 Å². The summed E-state index contributed by atoms with van der Waals surface area (Å²) in [5.74, 6) is 0. The fraction of sp³-hybridized carbons (Fsp3) is 0.417. The summed E-state index contributed by atoms with van der Waals surface area (Å²) in [5, 5.41) is 5.61. The molecule has 1 fully saturated rings. The second kappa shape index (κ2) is 4.43. The number of thiazole rings is 1. The van der Waals surface area contributed by atoms with Crippen molar-refractivity contribution in [2.45, 2.75) is 18.6 Å². The first-order chi connectivity index (χ1) is 8.93. The van der Waals surface area contributed by atoms with E-state index in [4.69, 9.17) is 5.14 Å². The molecule has 1 aliphatic heterocycles. The normalized spacial score (nSPS) is 20.3. The fourth-order valence-corrected chi connectivity index (χ4v) is 4.13. The van der Waals surface area contributed by atoms with Crippen LogP contribution in [0.25, 0.3) is 10.2 Å². The molecule has 1 atom stereocenters. The summed E-state index contributed by atoms with van der Waals surface area (Å²) in [6, 6.07) is 6.16. The quantitative estimate of drug-likeness (QED) is 0.910. The average Bonchev–Trinajstić information content (AvgIpc) is 2.92. The van der Waals surface area contributed by atoms with Crippen molar-refractivity contribution in [2.24, 2.45) is 5.14 Å². The Balaban J connectivity index is 1.90. The molecule has 1 unspecified atom stereocenters. The van der Waals surface area contributed by atoms with Crippen LogP contribution in [-0.4, -0.2) is 31.7 Å². The van der Waals surface area contributed by atoms with Gasteiger partial charge < -0.3 is 4.90 Å². The molecule has 102 valence electrons. The Kier molecular flexibility index (Phi) is 2.99. The Morgan fingerprint density at radius 3 is 2.95 bits per heavy atom. The smallest absolute Gasteiger partial charge is 0.213 e. The molecule has 7 heteroatoms. The SMILES string of the molecule is Cc1ccc2sc(N3CCC(S(N)(=O)=O)C3)nc2c1. The Morgan fingerprint density at radius 2 is 2.26 bits per heavy atom. The van der Waals surface area contributed by atoms with E-state index >= 15 is 0 Å². The van der Waals surface area contributed by atoms with Gasteiger partial charge in [-0.1, -0.05) is 17.4 Å². The lowest BCUT2D eigenvalue weighted by atomic mass is 10.2. The summed E-state index contributed by atoms with van der Waals surface area (Å²) in [5.41, 5.74) is 2.15. The van der Waals surface area contributed by atoms with E-state index in [1.54, 1.807) is 11.3 Å². The van der Waals surface area contributed by atoms with Gasteiger partial charge in [-0.05, 0) is 31.0 Å². The molecule has 1 aromatic heterocycles. The Hall–Kier alpha value is -1.18. The molecule has 1 aliphatic rings. The maximum Gasteiger partial charge on any atom is 0.213 e. The van der Waals surface area contributed by atoms with Gasteiger partial charge in [0, 0.05) is 13.1 Å². The Morgan fingerprint density at radius 1 is 1.47 bits per heavy atom. The molecule has 3 rings (SSSR count). The molecule has 0 spiro atoms. The van der Waals surface area contributed by atoms with Crippen LogP contribution < -0.4 is 10.0 Å². The van der Waals surface area contributed by atoms with Gasteiger partial charge in [0.1, 0.15) is 0 Å². The van der Waals surface area contributed by atoms with E-state index in [1.165, 1.54) is 5.56 Å². The van der Waals surface area contributed by atoms with Crippen LogP contribution in [0.3, 0.4) is 0 Å². The van der Waals surface area contributed by atoms with Crippen LogP contribution in [0.15, 0.2) is 18.2 Å². The van der Waals surface area contributed by atoms with Crippen molar-refractivity contribution in [3.8, 4) is 0 Å². The topological polar surface area (TPSA) is 76.3 Å². The molecule has 1 saturated heterocycles. The highest BCUT2D eigenvalue weighted by atomic mass is 32.2. The maximum absolute atomic E-state index is 11.4. The highest BCUT2D eigenvalue weighted by Crippen LogP contribution is 2.32. The molecule has 0 radical (unpaired) electrons.